The topological polar surface area (TPSA) is 81.7 Å². The van der Waals surface area contributed by atoms with Crippen LogP contribution in [0.4, 0.5) is 5.69 Å². The van der Waals surface area contributed by atoms with Gasteiger partial charge in [-0.25, -0.2) is 13.2 Å². The standard InChI is InChI=1S/C17H18BrNO5S/c1-4-24-17(20)13-6-5-7-14(11(13)2)19-25(21,22)16-10-12(18)8-9-15(16)23-3/h5-10,19H,4H2,1-3H3. The smallest absolute Gasteiger partial charge is 0.338 e. The van der Waals surface area contributed by atoms with E-state index < -0.39 is 16.0 Å². The lowest BCUT2D eigenvalue weighted by Gasteiger charge is -2.15. The number of rotatable bonds is 6. The first-order valence-corrected chi connectivity index (χ1v) is 9.71. The third kappa shape index (κ3) is 4.32. The van der Waals surface area contributed by atoms with E-state index in [1.807, 2.05) is 0 Å². The SMILES string of the molecule is CCOC(=O)c1cccc(NS(=O)(=O)c2cc(Br)ccc2OC)c1C. The van der Waals surface area contributed by atoms with Crippen molar-refractivity contribution >= 4 is 37.6 Å². The summed E-state index contributed by atoms with van der Waals surface area (Å²) in [5, 5.41) is 0. The summed E-state index contributed by atoms with van der Waals surface area (Å²) in [6.07, 6.45) is 0. The molecule has 2 aromatic carbocycles. The molecule has 0 fully saturated rings. The molecule has 2 aromatic rings. The lowest BCUT2D eigenvalue weighted by Crippen LogP contribution is -2.16. The summed E-state index contributed by atoms with van der Waals surface area (Å²) in [5.74, 6) is -0.281. The Hall–Kier alpha value is -2.06. The van der Waals surface area contributed by atoms with Gasteiger partial charge in [0.05, 0.1) is 25.0 Å². The number of ether oxygens (including phenoxy) is 2. The number of carbonyl (C=O) groups is 1. The fourth-order valence-electron chi connectivity index (χ4n) is 2.24. The van der Waals surface area contributed by atoms with Gasteiger partial charge in [-0.05, 0) is 49.7 Å². The number of hydrogen-bond acceptors (Lipinski definition) is 5. The van der Waals surface area contributed by atoms with Crippen molar-refractivity contribution in [3.05, 3.63) is 52.0 Å². The molecule has 25 heavy (non-hydrogen) atoms. The zero-order valence-electron chi connectivity index (χ0n) is 14.0. The molecule has 0 spiro atoms. The maximum atomic E-state index is 12.8. The van der Waals surface area contributed by atoms with E-state index in [2.05, 4.69) is 20.7 Å². The van der Waals surface area contributed by atoms with E-state index in [1.165, 1.54) is 13.2 Å². The Kier molecular flexibility index (Phi) is 6.07. The second-order valence-electron chi connectivity index (χ2n) is 5.10. The van der Waals surface area contributed by atoms with E-state index in [4.69, 9.17) is 9.47 Å². The van der Waals surface area contributed by atoms with Crippen molar-refractivity contribution in [2.75, 3.05) is 18.4 Å². The van der Waals surface area contributed by atoms with E-state index in [9.17, 15) is 13.2 Å². The largest absolute Gasteiger partial charge is 0.495 e. The normalized spacial score (nSPS) is 11.0. The Morgan fingerprint density at radius 3 is 2.60 bits per heavy atom. The van der Waals surface area contributed by atoms with Gasteiger partial charge >= 0.3 is 5.97 Å². The highest BCUT2D eigenvalue weighted by atomic mass is 79.9. The molecule has 1 N–H and O–H groups in total. The number of esters is 1. The van der Waals surface area contributed by atoms with E-state index in [1.54, 1.807) is 44.2 Å². The summed E-state index contributed by atoms with van der Waals surface area (Å²) in [4.78, 5) is 12.0. The van der Waals surface area contributed by atoms with Crippen LogP contribution in [0.3, 0.4) is 0 Å². The molecular weight excluding hydrogens is 410 g/mol. The predicted molar refractivity (Wildman–Crippen MR) is 98.6 cm³/mol. The molecule has 0 aromatic heterocycles. The van der Waals surface area contributed by atoms with Crippen LogP contribution in [0.25, 0.3) is 0 Å². The summed E-state index contributed by atoms with van der Waals surface area (Å²) in [6, 6.07) is 9.46. The minimum atomic E-state index is -3.91. The molecule has 0 saturated heterocycles. The van der Waals surface area contributed by atoms with E-state index in [0.717, 1.165) is 0 Å². The van der Waals surface area contributed by atoms with Gasteiger partial charge in [0.2, 0.25) is 0 Å². The molecular formula is C17H18BrNO5S. The number of sulfonamides is 1. The Morgan fingerprint density at radius 1 is 1.24 bits per heavy atom. The van der Waals surface area contributed by atoms with Crippen molar-refractivity contribution < 1.29 is 22.7 Å². The van der Waals surface area contributed by atoms with Crippen molar-refractivity contribution in [2.24, 2.45) is 0 Å². The molecule has 0 amide bonds. The van der Waals surface area contributed by atoms with Crippen LogP contribution in [0.1, 0.15) is 22.8 Å². The van der Waals surface area contributed by atoms with Gasteiger partial charge in [-0.15, -0.1) is 0 Å². The van der Waals surface area contributed by atoms with Gasteiger partial charge in [0.1, 0.15) is 10.6 Å². The van der Waals surface area contributed by atoms with E-state index in [0.29, 0.717) is 21.3 Å². The lowest BCUT2D eigenvalue weighted by molar-refractivity contribution is 0.0525. The maximum Gasteiger partial charge on any atom is 0.338 e. The highest BCUT2D eigenvalue weighted by molar-refractivity contribution is 9.10. The molecule has 8 heteroatoms. The molecule has 0 aliphatic carbocycles. The number of carbonyl (C=O) groups excluding carboxylic acids is 1. The van der Waals surface area contributed by atoms with Crippen LogP contribution in [0.15, 0.2) is 45.8 Å². The average Bonchev–Trinajstić information content (AvgIpc) is 2.56. The zero-order valence-corrected chi connectivity index (χ0v) is 16.4. The fourth-order valence-corrected chi connectivity index (χ4v) is 4.07. The van der Waals surface area contributed by atoms with Crippen LogP contribution in [0.5, 0.6) is 5.75 Å². The predicted octanol–water partition coefficient (Wildman–Crippen LogP) is 3.74. The van der Waals surface area contributed by atoms with Crippen LogP contribution in [-0.2, 0) is 14.8 Å². The molecule has 0 heterocycles. The average molecular weight is 428 g/mol. The van der Waals surface area contributed by atoms with Gasteiger partial charge < -0.3 is 9.47 Å². The summed E-state index contributed by atoms with van der Waals surface area (Å²) < 4.78 is 38.8. The fraction of sp³-hybridized carbons (Fsp3) is 0.235. The molecule has 0 aliphatic heterocycles. The van der Waals surface area contributed by atoms with Crippen molar-refractivity contribution in [1.82, 2.24) is 0 Å². The molecule has 0 unspecified atom stereocenters. The second-order valence-corrected chi connectivity index (χ2v) is 7.67. The molecule has 0 saturated carbocycles. The van der Waals surface area contributed by atoms with Gasteiger partial charge in [-0.2, -0.15) is 0 Å². The lowest BCUT2D eigenvalue weighted by atomic mass is 10.1. The quantitative estimate of drug-likeness (QED) is 0.709. The first-order valence-electron chi connectivity index (χ1n) is 7.43. The van der Waals surface area contributed by atoms with E-state index >= 15 is 0 Å². The van der Waals surface area contributed by atoms with E-state index in [-0.39, 0.29) is 17.3 Å². The minimum absolute atomic E-state index is 0.00897. The Balaban J connectivity index is 2.44. The van der Waals surface area contributed by atoms with Crippen LogP contribution in [-0.4, -0.2) is 28.1 Å². The minimum Gasteiger partial charge on any atom is -0.495 e. The van der Waals surface area contributed by atoms with Crippen LogP contribution >= 0.6 is 15.9 Å². The highest BCUT2D eigenvalue weighted by Crippen LogP contribution is 2.30. The van der Waals surface area contributed by atoms with Crippen LogP contribution in [0, 0.1) is 6.92 Å². The molecule has 134 valence electrons. The zero-order chi connectivity index (χ0) is 18.6. The number of methoxy groups -OCH3 is 1. The molecule has 0 radical (unpaired) electrons. The Bertz CT molecular complexity index is 896. The number of benzene rings is 2. The molecule has 2 rings (SSSR count). The van der Waals surface area contributed by atoms with Crippen LogP contribution in [0.2, 0.25) is 0 Å². The molecule has 6 nitrogen and oxygen atoms in total. The van der Waals surface area contributed by atoms with Gasteiger partial charge in [-0.1, -0.05) is 22.0 Å². The summed E-state index contributed by atoms with van der Waals surface area (Å²) in [7, 11) is -2.52. The number of anilines is 1. The van der Waals surface area contributed by atoms with Gasteiger partial charge in [-0.3, -0.25) is 4.72 Å². The third-order valence-electron chi connectivity index (χ3n) is 3.49. The number of hydrogen-bond donors (Lipinski definition) is 1. The first kappa shape index (κ1) is 19.3. The van der Waals surface area contributed by atoms with Gasteiger partial charge in [0.25, 0.3) is 10.0 Å². The van der Waals surface area contributed by atoms with Crippen molar-refractivity contribution in [2.45, 2.75) is 18.7 Å². The third-order valence-corrected chi connectivity index (χ3v) is 5.37. The summed E-state index contributed by atoms with van der Waals surface area (Å²) in [6.45, 7) is 3.60. The second kappa shape index (κ2) is 7.88. The molecule has 0 atom stereocenters. The first-order chi connectivity index (χ1) is 11.8. The number of nitrogens with one attached hydrogen (secondary N) is 1. The number of halogens is 1. The Labute approximate surface area is 155 Å². The van der Waals surface area contributed by atoms with Crippen molar-refractivity contribution in [3.63, 3.8) is 0 Å². The molecule has 0 aliphatic rings. The Morgan fingerprint density at radius 2 is 1.96 bits per heavy atom. The van der Waals surface area contributed by atoms with Gasteiger partial charge in [0.15, 0.2) is 0 Å². The van der Waals surface area contributed by atoms with Crippen molar-refractivity contribution in [1.29, 1.82) is 0 Å². The van der Waals surface area contributed by atoms with Crippen molar-refractivity contribution in [3.8, 4) is 5.75 Å². The van der Waals surface area contributed by atoms with Gasteiger partial charge in [0, 0.05) is 4.47 Å². The molecule has 0 bridgehead atoms. The maximum absolute atomic E-state index is 12.8. The highest BCUT2D eigenvalue weighted by Gasteiger charge is 2.22. The van der Waals surface area contributed by atoms with Crippen LogP contribution < -0.4 is 9.46 Å². The summed E-state index contributed by atoms with van der Waals surface area (Å²) in [5.41, 5.74) is 1.09. The monoisotopic (exact) mass is 427 g/mol. The summed E-state index contributed by atoms with van der Waals surface area (Å²) >= 11 is 3.26.